The Balaban J connectivity index is 1.83. The SMILES string of the molecule is Fc1cc(Br)ccc1C=Nc1nnc(-c2ccccc2)o1. The summed E-state index contributed by atoms with van der Waals surface area (Å²) >= 11 is 3.20. The fraction of sp³-hybridized carbons (Fsp3) is 0. The average Bonchev–Trinajstić information content (AvgIpc) is 2.96. The van der Waals surface area contributed by atoms with Crippen molar-refractivity contribution in [2.75, 3.05) is 0 Å². The van der Waals surface area contributed by atoms with Gasteiger partial charge in [-0.15, -0.1) is 5.10 Å². The molecule has 0 amide bonds. The normalized spacial score (nSPS) is 11.1. The zero-order valence-electron chi connectivity index (χ0n) is 10.7. The summed E-state index contributed by atoms with van der Waals surface area (Å²) in [6.07, 6.45) is 1.35. The van der Waals surface area contributed by atoms with Crippen molar-refractivity contribution in [2.45, 2.75) is 0 Å². The molecule has 0 unspecified atom stereocenters. The molecule has 0 radical (unpaired) electrons. The lowest BCUT2D eigenvalue weighted by Gasteiger charge is -1.95. The minimum Gasteiger partial charge on any atom is -0.402 e. The smallest absolute Gasteiger partial charge is 0.342 e. The first-order chi connectivity index (χ1) is 10.2. The first-order valence-electron chi connectivity index (χ1n) is 6.10. The highest BCUT2D eigenvalue weighted by Crippen LogP contribution is 2.21. The van der Waals surface area contributed by atoms with Crippen LogP contribution in [0.2, 0.25) is 0 Å². The van der Waals surface area contributed by atoms with Crippen molar-refractivity contribution >= 4 is 28.2 Å². The van der Waals surface area contributed by atoms with Crippen LogP contribution in [0.1, 0.15) is 5.56 Å². The van der Waals surface area contributed by atoms with E-state index in [1.165, 1.54) is 12.3 Å². The largest absolute Gasteiger partial charge is 0.402 e. The number of aliphatic imine (C=N–C) groups is 1. The number of halogens is 2. The topological polar surface area (TPSA) is 51.3 Å². The standard InChI is InChI=1S/C15H9BrFN3O/c16-12-7-6-11(13(17)8-12)9-18-15-20-19-14(21-15)10-4-2-1-3-5-10/h1-9H. The van der Waals surface area contributed by atoms with E-state index < -0.39 is 0 Å². The quantitative estimate of drug-likeness (QED) is 0.661. The molecule has 1 heterocycles. The van der Waals surface area contributed by atoms with Gasteiger partial charge in [0.05, 0.1) is 0 Å². The van der Waals surface area contributed by atoms with E-state index in [0.717, 1.165) is 5.56 Å². The number of benzene rings is 2. The number of nitrogens with zero attached hydrogens (tertiary/aromatic N) is 3. The minimum atomic E-state index is -0.379. The molecule has 0 aliphatic heterocycles. The van der Waals surface area contributed by atoms with Crippen LogP contribution in [0.3, 0.4) is 0 Å². The third-order valence-electron chi connectivity index (χ3n) is 2.71. The van der Waals surface area contributed by atoms with Gasteiger partial charge in [0.25, 0.3) is 0 Å². The summed E-state index contributed by atoms with van der Waals surface area (Å²) in [5.41, 5.74) is 1.15. The summed E-state index contributed by atoms with van der Waals surface area (Å²) < 4.78 is 19.7. The van der Waals surface area contributed by atoms with Crippen molar-refractivity contribution < 1.29 is 8.81 Å². The van der Waals surface area contributed by atoms with Crippen molar-refractivity contribution in [1.82, 2.24) is 10.2 Å². The second-order valence-electron chi connectivity index (χ2n) is 4.18. The van der Waals surface area contributed by atoms with E-state index in [-0.39, 0.29) is 11.8 Å². The molecule has 0 aliphatic carbocycles. The molecule has 1 aromatic heterocycles. The lowest BCUT2D eigenvalue weighted by molar-refractivity contribution is 0.580. The molecule has 21 heavy (non-hydrogen) atoms. The molecule has 2 aromatic carbocycles. The molecule has 0 aliphatic rings. The van der Waals surface area contributed by atoms with Crippen molar-refractivity contribution in [3.63, 3.8) is 0 Å². The Bertz CT molecular complexity index is 787. The Labute approximate surface area is 128 Å². The van der Waals surface area contributed by atoms with Crippen LogP contribution in [-0.4, -0.2) is 16.4 Å². The third-order valence-corrected chi connectivity index (χ3v) is 3.20. The zero-order valence-corrected chi connectivity index (χ0v) is 12.3. The lowest BCUT2D eigenvalue weighted by atomic mass is 10.2. The molecule has 4 nitrogen and oxygen atoms in total. The van der Waals surface area contributed by atoms with Gasteiger partial charge in [-0.3, -0.25) is 0 Å². The summed E-state index contributed by atoms with van der Waals surface area (Å²) in [6.45, 7) is 0. The fourth-order valence-corrected chi connectivity index (χ4v) is 2.03. The van der Waals surface area contributed by atoms with Crippen molar-refractivity contribution in [2.24, 2.45) is 4.99 Å². The predicted octanol–water partition coefficient (Wildman–Crippen LogP) is 4.39. The van der Waals surface area contributed by atoms with Crippen LogP contribution < -0.4 is 0 Å². The Hall–Kier alpha value is -2.34. The average molecular weight is 346 g/mol. The Morgan fingerprint density at radius 2 is 1.90 bits per heavy atom. The van der Waals surface area contributed by atoms with E-state index in [4.69, 9.17) is 4.42 Å². The molecule has 104 valence electrons. The van der Waals surface area contributed by atoms with E-state index >= 15 is 0 Å². The fourth-order valence-electron chi connectivity index (χ4n) is 1.70. The minimum absolute atomic E-state index is 0.0798. The van der Waals surface area contributed by atoms with Crippen LogP contribution in [0.4, 0.5) is 10.4 Å². The molecule has 0 bridgehead atoms. The Morgan fingerprint density at radius 3 is 2.67 bits per heavy atom. The van der Waals surface area contributed by atoms with Gasteiger partial charge in [0.15, 0.2) is 0 Å². The molecular weight excluding hydrogens is 337 g/mol. The molecule has 6 heteroatoms. The summed E-state index contributed by atoms with van der Waals surface area (Å²) in [5.74, 6) is -0.00467. The Morgan fingerprint density at radius 1 is 1.10 bits per heavy atom. The monoisotopic (exact) mass is 345 g/mol. The zero-order chi connectivity index (χ0) is 14.7. The van der Waals surface area contributed by atoms with Gasteiger partial charge in [0, 0.05) is 21.8 Å². The number of rotatable bonds is 3. The number of hydrogen-bond donors (Lipinski definition) is 0. The molecule has 0 spiro atoms. The molecule has 0 atom stereocenters. The van der Waals surface area contributed by atoms with E-state index in [1.807, 2.05) is 30.3 Å². The maximum absolute atomic E-state index is 13.6. The second kappa shape index (κ2) is 5.97. The maximum Gasteiger partial charge on any atom is 0.342 e. The van der Waals surface area contributed by atoms with E-state index in [9.17, 15) is 4.39 Å². The van der Waals surface area contributed by atoms with Crippen molar-refractivity contribution in [3.8, 4) is 11.5 Å². The molecule has 0 N–H and O–H groups in total. The van der Waals surface area contributed by atoms with Gasteiger partial charge in [-0.05, 0) is 30.3 Å². The molecule has 3 aromatic rings. The van der Waals surface area contributed by atoms with Gasteiger partial charge in [0.1, 0.15) is 5.82 Å². The van der Waals surface area contributed by atoms with Gasteiger partial charge in [-0.1, -0.05) is 39.2 Å². The number of hydrogen-bond acceptors (Lipinski definition) is 4. The summed E-state index contributed by atoms with van der Waals surface area (Å²) in [5, 5.41) is 7.71. The first-order valence-corrected chi connectivity index (χ1v) is 6.90. The van der Waals surface area contributed by atoms with E-state index in [1.54, 1.807) is 12.1 Å². The van der Waals surface area contributed by atoms with Crippen LogP contribution in [0.15, 0.2) is 62.4 Å². The number of aromatic nitrogens is 2. The molecular formula is C15H9BrFN3O. The van der Waals surface area contributed by atoms with Crippen LogP contribution in [-0.2, 0) is 0 Å². The van der Waals surface area contributed by atoms with Crippen LogP contribution >= 0.6 is 15.9 Å². The first kappa shape index (κ1) is 13.6. The summed E-state index contributed by atoms with van der Waals surface area (Å²) in [6, 6.07) is 14.1. The predicted molar refractivity (Wildman–Crippen MR) is 81.1 cm³/mol. The van der Waals surface area contributed by atoms with E-state index in [0.29, 0.717) is 15.9 Å². The maximum atomic E-state index is 13.6. The third kappa shape index (κ3) is 3.22. The van der Waals surface area contributed by atoms with Gasteiger partial charge < -0.3 is 4.42 Å². The van der Waals surface area contributed by atoms with Crippen LogP contribution in [0, 0.1) is 5.82 Å². The van der Waals surface area contributed by atoms with Crippen LogP contribution in [0.5, 0.6) is 0 Å². The highest BCUT2D eigenvalue weighted by atomic mass is 79.9. The summed E-state index contributed by atoms with van der Waals surface area (Å²) in [7, 11) is 0. The van der Waals surface area contributed by atoms with Gasteiger partial charge in [-0.25, -0.2) is 9.38 Å². The molecule has 0 saturated heterocycles. The van der Waals surface area contributed by atoms with Gasteiger partial charge >= 0.3 is 6.01 Å². The second-order valence-corrected chi connectivity index (χ2v) is 5.10. The van der Waals surface area contributed by atoms with Crippen molar-refractivity contribution in [1.29, 1.82) is 0 Å². The molecule has 0 saturated carbocycles. The summed E-state index contributed by atoms with van der Waals surface area (Å²) in [4.78, 5) is 3.99. The lowest BCUT2D eigenvalue weighted by Crippen LogP contribution is -1.87. The highest BCUT2D eigenvalue weighted by molar-refractivity contribution is 9.10. The van der Waals surface area contributed by atoms with Crippen molar-refractivity contribution in [3.05, 3.63) is 64.4 Å². The molecule has 0 fully saturated rings. The highest BCUT2D eigenvalue weighted by Gasteiger charge is 2.07. The van der Waals surface area contributed by atoms with Gasteiger partial charge in [-0.2, -0.15) is 0 Å². The Kier molecular flexibility index (Phi) is 3.87. The van der Waals surface area contributed by atoms with Gasteiger partial charge in [0.2, 0.25) is 5.89 Å². The van der Waals surface area contributed by atoms with E-state index in [2.05, 4.69) is 31.1 Å². The molecule has 3 rings (SSSR count). The van der Waals surface area contributed by atoms with Crippen LogP contribution in [0.25, 0.3) is 11.5 Å².